The van der Waals surface area contributed by atoms with Crippen molar-refractivity contribution in [1.29, 1.82) is 0 Å². The van der Waals surface area contributed by atoms with Gasteiger partial charge in [0.15, 0.2) is 0 Å². The smallest absolute Gasteiger partial charge is 0.251 e. The topological polar surface area (TPSA) is 49.3 Å². The zero-order valence-electron chi connectivity index (χ0n) is 15.6. The fourth-order valence-electron chi connectivity index (χ4n) is 2.74. The Morgan fingerprint density at radius 1 is 1.19 bits per heavy atom. The first kappa shape index (κ1) is 20.2. The minimum Gasteiger partial charge on any atom is -0.396 e. The van der Waals surface area contributed by atoms with Crippen molar-refractivity contribution >= 4 is 23.1 Å². The van der Waals surface area contributed by atoms with Crippen LogP contribution in [0.15, 0.2) is 48.5 Å². The standard InChI is InChI=1S/C22H26ClNO2/c1-4-15(2)18-9-6-17(7-10-18)13-20(11-12-25)24-22(26)19-8-5-16(3)21(23)14-19/h4-10,14,20,25H,11-13H2,1-3H3,(H,24,26)/b15-4+. The molecule has 2 rings (SSSR count). The van der Waals surface area contributed by atoms with Gasteiger partial charge in [-0.2, -0.15) is 0 Å². The van der Waals surface area contributed by atoms with Crippen LogP contribution >= 0.6 is 11.6 Å². The molecule has 138 valence electrons. The van der Waals surface area contributed by atoms with Crippen molar-refractivity contribution in [3.63, 3.8) is 0 Å². The Balaban J connectivity index is 2.08. The summed E-state index contributed by atoms with van der Waals surface area (Å²) in [6, 6.07) is 13.5. The number of benzene rings is 2. The van der Waals surface area contributed by atoms with Crippen LogP contribution in [0.3, 0.4) is 0 Å². The molecule has 2 aromatic rings. The van der Waals surface area contributed by atoms with E-state index in [9.17, 15) is 9.90 Å². The molecule has 1 amide bonds. The lowest BCUT2D eigenvalue weighted by atomic mass is 9.99. The Morgan fingerprint density at radius 3 is 2.42 bits per heavy atom. The number of carbonyl (C=O) groups is 1. The summed E-state index contributed by atoms with van der Waals surface area (Å²) in [5.41, 5.74) is 5.01. The molecule has 0 heterocycles. The number of hydrogen-bond donors (Lipinski definition) is 2. The van der Waals surface area contributed by atoms with E-state index in [1.807, 2.05) is 19.9 Å². The molecule has 0 saturated heterocycles. The first-order valence-electron chi connectivity index (χ1n) is 8.84. The molecule has 0 aliphatic rings. The Labute approximate surface area is 160 Å². The quantitative estimate of drug-likeness (QED) is 0.734. The van der Waals surface area contributed by atoms with Gasteiger partial charge in [-0.1, -0.05) is 48.0 Å². The summed E-state index contributed by atoms with van der Waals surface area (Å²) < 4.78 is 0. The second-order valence-electron chi connectivity index (χ2n) is 6.52. The summed E-state index contributed by atoms with van der Waals surface area (Å²) in [5.74, 6) is -0.174. The Kier molecular flexibility index (Phi) is 7.43. The van der Waals surface area contributed by atoms with Gasteiger partial charge >= 0.3 is 0 Å². The molecule has 1 unspecified atom stereocenters. The van der Waals surface area contributed by atoms with E-state index in [0.29, 0.717) is 23.4 Å². The minimum atomic E-state index is -0.174. The zero-order chi connectivity index (χ0) is 19.1. The van der Waals surface area contributed by atoms with Gasteiger partial charge in [0.05, 0.1) is 0 Å². The number of aliphatic hydroxyl groups is 1. The van der Waals surface area contributed by atoms with E-state index < -0.39 is 0 Å². The predicted octanol–water partition coefficient (Wildman–Crippen LogP) is 4.80. The van der Waals surface area contributed by atoms with E-state index in [1.165, 1.54) is 11.1 Å². The van der Waals surface area contributed by atoms with Gasteiger partial charge in [0.1, 0.15) is 0 Å². The molecule has 0 aliphatic heterocycles. The monoisotopic (exact) mass is 371 g/mol. The van der Waals surface area contributed by atoms with Gasteiger partial charge in [0.2, 0.25) is 0 Å². The lowest BCUT2D eigenvalue weighted by Crippen LogP contribution is -2.37. The fourth-order valence-corrected chi connectivity index (χ4v) is 2.92. The molecule has 0 aliphatic carbocycles. The average Bonchev–Trinajstić information content (AvgIpc) is 2.64. The third-order valence-corrected chi connectivity index (χ3v) is 4.98. The largest absolute Gasteiger partial charge is 0.396 e. The van der Waals surface area contributed by atoms with E-state index in [4.69, 9.17) is 11.6 Å². The van der Waals surface area contributed by atoms with Crippen molar-refractivity contribution in [3.8, 4) is 0 Å². The molecule has 2 aromatic carbocycles. The molecular formula is C22H26ClNO2. The highest BCUT2D eigenvalue weighted by Gasteiger charge is 2.15. The molecule has 0 bridgehead atoms. The van der Waals surface area contributed by atoms with Crippen LogP contribution in [0.25, 0.3) is 5.57 Å². The lowest BCUT2D eigenvalue weighted by molar-refractivity contribution is 0.0930. The normalized spacial score (nSPS) is 12.7. The van der Waals surface area contributed by atoms with Gasteiger partial charge in [0.25, 0.3) is 5.91 Å². The van der Waals surface area contributed by atoms with E-state index in [2.05, 4.69) is 42.6 Å². The summed E-state index contributed by atoms with van der Waals surface area (Å²) in [6.07, 6.45) is 3.25. The average molecular weight is 372 g/mol. The second kappa shape index (κ2) is 9.56. The van der Waals surface area contributed by atoms with Crippen LogP contribution in [-0.2, 0) is 6.42 Å². The minimum absolute atomic E-state index is 0.0232. The number of nitrogens with one attached hydrogen (secondary N) is 1. The Bertz CT molecular complexity index is 781. The van der Waals surface area contributed by atoms with Crippen molar-refractivity contribution in [2.45, 2.75) is 39.7 Å². The Hall–Kier alpha value is -2.10. The van der Waals surface area contributed by atoms with Crippen LogP contribution in [0.5, 0.6) is 0 Å². The second-order valence-corrected chi connectivity index (χ2v) is 6.93. The van der Waals surface area contributed by atoms with Crippen LogP contribution in [0.4, 0.5) is 0 Å². The van der Waals surface area contributed by atoms with Gasteiger partial charge in [-0.25, -0.2) is 0 Å². The van der Waals surface area contributed by atoms with Crippen molar-refractivity contribution in [2.24, 2.45) is 0 Å². The highest BCUT2D eigenvalue weighted by molar-refractivity contribution is 6.31. The zero-order valence-corrected chi connectivity index (χ0v) is 16.3. The summed E-state index contributed by atoms with van der Waals surface area (Å²) >= 11 is 6.11. The molecule has 0 spiro atoms. The SMILES string of the molecule is C/C=C(\C)c1ccc(CC(CCO)NC(=O)c2ccc(C)c(Cl)c2)cc1. The third-order valence-electron chi connectivity index (χ3n) is 4.57. The number of carbonyl (C=O) groups excluding carboxylic acids is 1. The summed E-state index contributed by atoms with van der Waals surface area (Å²) in [7, 11) is 0. The predicted molar refractivity (Wildman–Crippen MR) is 109 cm³/mol. The maximum absolute atomic E-state index is 12.5. The highest BCUT2D eigenvalue weighted by Crippen LogP contribution is 2.18. The lowest BCUT2D eigenvalue weighted by Gasteiger charge is -2.18. The number of rotatable bonds is 7. The van der Waals surface area contributed by atoms with E-state index >= 15 is 0 Å². The molecule has 3 nitrogen and oxygen atoms in total. The molecule has 2 N–H and O–H groups in total. The molecule has 0 radical (unpaired) electrons. The van der Waals surface area contributed by atoms with Crippen LogP contribution in [0, 0.1) is 6.92 Å². The van der Waals surface area contributed by atoms with Gasteiger partial charge in [0, 0.05) is 23.2 Å². The first-order chi connectivity index (χ1) is 12.4. The first-order valence-corrected chi connectivity index (χ1v) is 9.22. The number of aliphatic hydroxyl groups excluding tert-OH is 1. The molecule has 0 fully saturated rings. The van der Waals surface area contributed by atoms with Gasteiger partial charge < -0.3 is 10.4 Å². The van der Waals surface area contributed by atoms with Crippen molar-refractivity contribution in [3.05, 3.63) is 75.8 Å². The number of aryl methyl sites for hydroxylation is 1. The van der Waals surface area contributed by atoms with Crippen molar-refractivity contribution in [1.82, 2.24) is 5.32 Å². The molecule has 26 heavy (non-hydrogen) atoms. The van der Waals surface area contributed by atoms with Crippen LogP contribution in [0.2, 0.25) is 5.02 Å². The van der Waals surface area contributed by atoms with E-state index in [0.717, 1.165) is 11.1 Å². The van der Waals surface area contributed by atoms with Gasteiger partial charge in [-0.15, -0.1) is 0 Å². The van der Waals surface area contributed by atoms with Crippen molar-refractivity contribution < 1.29 is 9.90 Å². The van der Waals surface area contributed by atoms with E-state index in [-0.39, 0.29) is 18.6 Å². The maximum Gasteiger partial charge on any atom is 0.251 e. The summed E-state index contributed by atoms with van der Waals surface area (Å²) in [4.78, 5) is 12.5. The molecule has 1 atom stereocenters. The summed E-state index contributed by atoms with van der Waals surface area (Å²) in [5, 5.41) is 12.9. The maximum atomic E-state index is 12.5. The summed E-state index contributed by atoms with van der Waals surface area (Å²) in [6.45, 7) is 6.02. The molecule has 0 saturated carbocycles. The number of allylic oxidation sites excluding steroid dienone is 2. The van der Waals surface area contributed by atoms with Crippen LogP contribution in [0.1, 0.15) is 47.3 Å². The highest BCUT2D eigenvalue weighted by atomic mass is 35.5. The number of amides is 1. The number of halogens is 1. The van der Waals surface area contributed by atoms with Gasteiger partial charge in [-0.05, 0) is 68.0 Å². The third kappa shape index (κ3) is 5.45. The van der Waals surface area contributed by atoms with Crippen LogP contribution in [-0.4, -0.2) is 23.7 Å². The van der Waals surface area contributed by atoms with Gasteiger partial charge in [-0.3, -0.25) is 4.79 Å². The fraction of sp³-hybridized carbons (Fsp3) is 0.318. The number of hydrogen-bond acceptors (Lipinski definition) is 2. The van der Waals surface area contributed by atoms with Crippen molar-refractivity contribution in [2.75, 3.05) is 6.61 Å². The van der Waals surface area contributed by atoms with Crippen LogP contribution < -0.4 is 5.32 Å². The van der Waals surface area contributed by atoms with E-state index in [1.54, 1.807) is 12.1 Å². The molecule has 4 heteroatoms. The Morgan fingerprint density at radius 2 is 1.85 bits per heavy atom. The molecule has 0 aromatic heterocycles. The molecular weight excluding hydrogens is 346 g/mol.